The second kappa shape index (κ2) is 6.25. The Bertz CT molecular complexity index is 556. The van der Waals surface area contributed by atoms with Crippen molar-refractivity contribution in [3.8, 4) is 0 Å². The van der Waals surface area contributed by atoms with Gasteiger partial charge in [-0.25, -0.2) is 4.79 Å². The highest BCUT2D eigenvalue weighted by atomic mass is 16.4. The van der Waals surface area contributed by atoms with Crippen molar-refractivity contribution in [2.75, 3.05) is 13.1 Å². The van der Waals surface area contributed by atoms with E-state index in [-0.39, 0.29) is 13.1 Å². The fraction of sp³-hybridized carbons (Fsp3) is 0.500. The van der Waals surface area contributed by atoms with Crippen LogP contribution in [0.5, 0.6) is 0 Å². The Morgan fingerprint density at radius 3 is 2.95 bits per heavy atom. The first-order valence-corrected chi connectivity index (χ1v) is 6.49. The summed E-state index contributed by atoms with van der Waals surface area (Å²) in [6, 6.07) is -1.44. The predicted molar refractivity (Wildman–Crippen MR) is 71.2 cm³/mol. The van der Waals surface area contributed by atoms with E-state index in [1.54, 1.807) is 24.1 Å². The number of amides is 3. The highest BCUT2D eigenvalue weighted by Gasteiger charge is 2.34. The molecule has 0 spiro atoms. The van der Waals surface area contributed by atoms with Gasteiger partial charge in [0.1, 0.15) is 6.04 Å². The third kappa shape index (κ3) is 3.71. The normalized spacial score (nSPS) is 18.2. The standard InChI is InChI=1S/C12H17N5O4/c1-16-7-8(6-15-16)5-14-12(21)17-3-2-13-11(20)9(17)4-10(18)19/h6-7,9H,2-5H2,1H3,(H,13,20)(H,14,21)(H,18,19). The lowest BCUT2D eigenvalue weighted by atomic mass is 10.1. The Morgan fingerprint density at radius 1 is 1.57 bits per heavy atom. The first kappa shape index (κ1) is 14.8. The minimum absolute atomic E-state index is 0.268. The fourth-order valence-electron chi connectivity index (χ4n) is 2.17. The minimum atomic E-state index is -1.12. The summed E-state index contributed by atoms with van der Waals surface area (Å²) in [5, 5.41) is 18.1. The molecular formula is C12H17N5O4. The summed E-state index contributed by atoms with van der Waals surface area (Å²) in [7, 11) is 1.77. The maximum Gasteiger partial charge on any atom is 0.318 e. The van der Waals surface area contributed by atoms with Crippen LogP contribution in [0, 0.1) is 0 Å². The van der Waals surface area contributed by atoms with Crippen molar-refractivity contribution in [3.63, 3.8) is 0 Å². The molecular weight excluding hydrogens is 278 g/mol. The average molecular weight is 295 g/mol. The topological polar surface area (TPSA) is 117 Å². The average Bonchev–Trinajstić information content (AvgIpc) is 2.84. The summed E-state index contributed by atoms with van der Waals surface area (Å²) in [4.78, 5) is 35.9. The number of rotatable bonds is 4. The number of nitrogens with zero attached hydrogens (tertiary/aromatic N) is 3. The summed E-state index contributed by atoms with van der Waals surface area (Å²) in [5.74, 6) is -1.57. The van der Waals surface area contributed by atoms with E-state index in [2.05, 4.69) is 15.7 Å². The second-order valence-corrected chi connectivity index (χ2v) is 4.78. The maximum atomic E-state index is 12.1. The van der Waals surface area contributed by atoms with E-state index in [9.17, 15) is 14.4 Å². The molecule has 0 bridgehead atoms. The van der Waals surface area contributed by atoms with Gasteiger partial charge in [-0.2, -0.15) is 5.10 Å². The van der Waals surface area contributed by atoms with Crippen LogP contribution in [0.3, 0.4) is 0 Å². The molecule has 114 valence electrons. The van der Waals surface area contributed by atoms with Gasteiger partial charge < -0.3 is 20.6 Å². The van der Waals surface area contributed by atoms with Gasteiger partial charge in [0.25, 0.3) is 0 Å². The van der Waals surface area contributed by atoms with Crippen molar-refractivity contribution in [2.24, 2.45) is 7.05 Å². The molecule has 0 aromatic carbocycles. The van der Waals surface area contributed by atoms with E-state index in [4.69, 9.17) is 5.11 Å². The van der Waals surface area contributed by atoms with Gasteiger partial charge in [-0.1, -0.05) is 0 Å². The van der Waals surface area contributed by atoms with E-state index in [0.717, 1.165) is 5.56 Å². The molecule has 1 saturated heterocycles. The van der Waals surface area contributed by atoms with E-state index >= 15 is 0 Å². The number of carboxylic acids is 1. The molecule has 1 fully saturated rings. The van der Waals surface area contributed by atoms with Crippen molar-refractivity contribution in [1.29, 1.82) is 0 Å². The van der Waals surface area contributed by atoms with Crippen LogP contribution in [0.2, 0.25) is 0 Å². The van der Waals surface area contributed by atoms with Crippen LogP contribution >= 0.6 is 0 Å². The number of aryl methyl sites for hydroxylation is 1. The summed E-state index contributed by atoms with van der Waals surface area (Å²) in [6.45, 7) is 0.864. The Morgan fingerprint density at radius 2 is 2.33 bits per heavy atom. The summed E-state index contributed by atoms with van der Waals surface area (Å²) < 4.78 is 1.61. The molecule has 1 aliphatic heterocycles. The number of aromatic nitrogens is 2. The molecule has 3 amide bonds. The molecule has 1 aliphatic rings. The van der Waals surface area contributed by atoms with Gasteiger partial charge in [0.15, 0.2) is 0 Å². The van der Waals surface area contributed by atoms with Crippen LogP contribution in [-0.4, -0.2) is 56.8 Å². The fourth-order valence-corrected chi connectivity index (χ4v) is 2.17. The molecule has 9 nitrogen and oxygen atoms in total. The largest absolute Gasteiger partial charge is 0.481 e. The van der Waals surface area contributed by atoms with Gasteiger partial charge in [-0.3, -0.25) is 14.3 Å². The van der Waals surface area contributed by atoms with E-state index < -0.39 is 30.4 Å². The highest BCUT2D eigenvalue weighted by molar-refractivity contribution is 5.91. The smallest absolute Gasteiger partial charge is 0.318 e. The van der Waals surface area contributed by atoms with Gasteiger partial charge in [-0.05, 0) is 0 Å². The van der Waals surface area contributed by atoms with Gasteiger partial charge in [0.05, 0.1) is 12.6 Å². The summed E-state index contributed by atoms with van der Waals surface area (Å²) in [5.41, 5.74) is 0.821. The van der Waals surface area contributed by atoms with Crippen molar-refractivity contribution in [1.82, 2.24) is 25.3 Å². The summed E-state index contributed by atoms with van der Waals surface area (Å²) in [6.07, 6.45) is 2.97. The molecule has 1 aromatic heterocycles. The number of hydrogen-bond acceptors (Lipinski definition) is 4. The molecule has 21 heavy (non-hydrogen) atoms. The number of urea groups is 1. The highest BCUT2D eigenvalue weighted by Crippen LogP contribution is 2.09. The van der Waals surface area contributed by atoms with Crippen LogP contribution in [0.15, 0.2) is 12.4 Å². The van der Waals surface area contributed by atoms with Crippen LogP contribution in [0.25, 0.3) is 0 Å². The quantitative estimate of drug-likeness (QED) is 0.652. The van der Waals surface area contributed by atoms with Gasteiger partial charge >= 0.3 is 12.0 Å². The van der Waals surface area contributed by atoms with Gasteiger partial charge in [0, 0.05) is 38.4 Å². The predicted octanol–water partition coefficient (Wildman–Crippen LogP) is -1.10. The lowest BCUT2D eigenvalue weighted by molar-refractivity contribution is -0.142. The second-order valence-electron chi connectivity index (χ2n) is 4.78. The van der Waals surface area contributed by atoms with Crippen molar-refractivity contribution in [2.45, 2.75) is 19.0 Å². The molecule has 2 heterocycles. The van der Waals surface area contributed by atoms with E-state index in [0.29, 0.717) is 6.54 Å². The first-order chi connectivity index (χ1) is 9.97. The van der Waals surface area contributed by atoms with E-state index in [1.165, 1.54) is 4.90 Å². The number of aliphatic carboxylic acids is 1. The molecule has 1 unspecified atom stereocenters. The minimum Gasteiger partial charge on any atom is -0.481 e. The Labute approximate surface area is 120 Å². The molecule has 1 atom stereocenters. The number of piperazine rings is 1. The number of carbonyl (C=O) groups excluding carboxylic acids is 2. The number of nitrogens with one attached hydrogen (secondary N) is 2. The number of hydrogen-bond donors (Lipinski definition) is 3. The van der Waals surface area contributed by atoms with Crippen LogP contribution in [0.1, 0.15) is 12.0 Å². The van der Waals surface area contributed by atoms with E-state index in [1.807, 2.05) is 0 Å². The molecule has 2 rings (SSSR count). The monoisotopic (exact) mass is 295 g/mol. The molecule has 1 aromatic rings. The molecule has 0 aliphatic carbocycles. The van der Waals surface area contributed by atoms with Crippen molar-refractivity contribution >= 4 is 17.9 Å². The zero-order chi connectivity index (χ0) is 15.4. The third-order valence-electron chi connectivity index (χ3n) is 3.16. The van der Waals surface area contributed by atoms with Crippen LogP contribution in [0.4, 0.5) is 4.79 Å². The molecule has 9 heteroatoms. The van der Waals surface area contributed by atoms with Gasteiger partial charge in [0.2, 0.25) is 5.91 Å². The zero-order valence-electron chi connectivity index (χ0n) is 11.6. The molecule has 0 saturated carbocycles. The van der Waals surface area contributed by atoms with Crippen LogP contribution < -0.4 is 10.6 Å². The van der Waals surface area contributed by atoms with Gasteiger partial charge in [-0.15, -0.1) is 0 Å². The summed E-state index contributed by atoms with van der Waals surface area (Å²) >= 11 is 0. The Kier molecular flexibility index (Phi) is 4.41. The van der Waals surface area contributed by atoms with Crippen LogP contribution in [-0.2, 0) is 23.2 Å². The lowest BCUT2D eigenvalue weighted by Crippen LogP contribution is -2.59. The zero-order valence-corrected chi connectivity index (χ0v) is 11.6. The third-order valence-corrected chi connectivity index (χ3v) is 3.16. The Hall–Kier alpha value is -2.58. The SMILES string of the molecule is Cn1cc(CNC(=O)N2CCNC(=O)C2CC(=O)O)cn1. The molecule has 3 N–H and O–H groups in total. The van der Waals surface area contributed by atoms with Crippen molar-refractivity contribution in [3.05, 3.63) is 18.0 Å². The maximum absolute atomic E-state index is 12.1. The molecule has 0 radical (unpaired) electrons. The van der Waals surface area contributed by atoms with Crippen molar-refractivity contribution < 1.29 is 19.5 Å². The first-order valence-electron chi connectivity index (χ1n) is 6.49. The Balaban J connectivity index is 1.98. The number of carboxylic acid groups (broad SMARTS) is 1. The number of carbonyl (C=O) groups is 3. The lowest BCUT2D eigenvalue weighted by Gasteiger charge is -2.34.